The molecule has 0 aliphatic rings. The van der Waals surface area contributed by atoms with E-state index < -0.39 is 17.3 Å². The van der Waals surface area contributed by atoms with Gasteiger partial charge in [0.15, 0.2) is 0 Å². The van der Waals surface area contributed by atoms with E-state index in [0.29, 0.717) is 24.2 Å². The normalized spacial score (nSPS) is 13.4. The first-order chi connectivity index (χ1) is 5.95. The minimum absolute atomic E-state index is 0.363. The van der Waals surface area contributed by atoms with Gasteiger partial charge in [-0.25, -0.2) is 0 Å². The average Bonchev–Trinajstić information content (AvgIpc) is 2.17. The molecule has 0 N–H and O–H groups in total. The van der Waals surface area contributed by atoms with E-state index in [2.05, 4.69) is 0 Å². The molecule has 0 saturated heterocycles. The summed E-state index contributed by atoms with van der Waals surface area (Å²) >= 11 is 0. The molecule has 0 unspecified atom stereocenters. The highest BCUT2D eigenvalue weighted by Crippen LogP contribution is 2.28. The van der Waals surface area contributed by atoms with Crippen molar-refractivity contribution in [2.45, 2.75) is 51.9 Å². The van der Waals surface area contributed by atoms with Gasteiger partial charge in [-0.05, 0) is 24.2 Å². The van der Waals surface area contributed by atoms with Gasteiger partial charge in [-0.3, -0.25) is 8.22 Å². The predicted molar refractivity (Wildman–Crippen MR) is 56.7 cm³/mol. The van der Waals surface area contributed by atoms with E-state index in [4.69, 9.17) is 4.12 Å². The highest BCUT2D eigenvalue weighted by atomic mass is 28.5. The maximum Gasteiger partial charge on any atom is 0.374 e. The van der Waals surface area contributed by atoms with Crippen LogP contribution >= 0.6 is 0 Å². The maximum atomic E-state index is 13.8. The number of hydrogen-bond acceptors (Lipinski definition) is 1. The molecule has 13 heavy (non-hydrogen) atoms. The van der Waals surface area contributed by atoms with Gasteiger partial charge >= 0.3 is 17.3 Å². The van der Waals surface area contributed by atoms with Crippen molar-refractivity contribution >= 4 is 17.3 Å². The van der Waals surface area contributed by atoms with Crippen LogP contribution in [0.2, 0.25) is 24.2 Å². The largest absolute Gasteiger partial charge is 0.408 e. The third-order valence-electron chi connectivity index (χ3n) is 2.48. The molecule has 0 amide bonds. The van der Waals surface area contributed by atoms with Crippen LogP contribution in [-0.4, -0.2) is 17.3 Å². The first-order valence-corrected chi connectivity index (χ1v) is 9.43. The second-order valence-electron chi connectivity index (χ2n) is 3.28. The van der Waals surface area contributed by atoms with Crippen molar-refractivity contribution in [3.8, 4) is 0 Å². The molecule has 0 fully saturated rings. The molecule has 0 aromatic carbocycles. The van der Waals surface area contributed by atoms with Crippen molar-refractivity contribution in [1.82, 2.24) is 0 Å². The van der Waals surface area contributed by atoms with E-state index in [0.717, 1.165) is 0 Å². The molecule has 0 aromatic heterocycles. The minimum Gasteiger partial charge on any atom is -0.408 e. The second-order valence-corrected chi connectivity index (χ2v) is 10.5. The zero-order chi connectivity index (χ0) is 10.5. The van der Waals surface area contributed by atoms with Gasteiger partial charge in [-0.15, -0.1) is 0 Å². The molecule has 0 bridgehead atoms. The zero-order valence-electron chi connectivity index (χ0n) is 8.99. The standard InChI is InChI=1S/C8H20F2OSi2/c1-5-12(9,6-2)11-13(10,7-3)8-4/h5-8H2,1-4H3. The summed E-state index contributed by atoms with van der Waals surface area (Å²) < 4.78 is 32.8. The third kappa shape index (κ3) is 3.87. The van der Waals surface area contributed by atoms with E-state index in [1.54, 1.807) is 27.7 Å². The zero-order valence-corrected chi connectivity index (χ0v) is 11.0. The molecular formula is C8H20F2OSi2. The van der Waals surface area contributed by atoms with Crippen molar-refractivity contribution in [3.63, 3.8) is 0 Å². The van der Waals surface area contributed by atoms with Crippen LogP contribution in [0.1, 0.15) is 27.7 Å². The molecule has 1 nitrogen and oxygen atoms in total. The third-order valence-corrected chi connectivity index (χ3v) is 9.63. The fourth-order valence-electron chi connectivity index (χ4n) is 1.12. The summed E-state index contributed by atoms with van der Waals surface area (Å²) in [6.45, 7) is 6.98. The smallest absolute Gasteiger partial charge is 0.374 e. The molecule has 0 heterocycles. The molecule has 0 rings (SSSR count). The summed E-state index contributed by atoms with van der Waals surface area (Å²) in [4.78, 5) is 0. The molecule has 0 saturated carbocycles. The van der Waals surface area contributed by atoms with Crippen LogP contribution in [0.3, 0.4) is 0 Å². The van der Waals surface area contributed by atoms with E-state index in [9.17, 15) is 8.22 Å². The van der Waals surface area contributed by atoms with Crippen molar-refractivity contribution in [2.75, 3.05) is 0 Å². The number of hydrogen-bond donors (Lipinski definition) is 0. The van der Waals surface area contributed by atoms with E-state index >= 15 is 0 Å². The van der Waals surface area contributed by atoms with Crippen LogP contribution in [0.15, 0.2) is 0 Å². The Labute approximate surface area is 82.1 Å². The van der Waals surface area contributed by atoms with Gasteiger partial charge in [-0.2, -0.15) is 0 Å². The van der Waals surface area contributed by atoms with Gasteiger partial charge in [0.25, 0.3) is 0 Å². The number of halogens is 2. The van der Waals surface area contributed by atoms with E-state index in [1.165, 1.54) is 0 Å². The van der Waals surface area contributed by atoms with Crippen LogP contribution in [0.25, 0.3) is 0 Å². The Morgan fingerprint density at radius 1 is 0.769 bits per heavy atom. The Hall–Kier alpha value is 0.254. The molecule has 0 radical (unpaired) electrons. The fourth-order valence-corrected chi connectivity index (χ4v) is 7.05. The van der Waals surface area contributed by atoms with E-state index in [1.807, 2.05) is 0 Å². The molecule has 80 valence electrons. The maximum absolute atomic E-state index is 13.8. The van der Waals surface area contributed by atoms with Crippen LogP contribution in [-0.2, 0) is 4.12 Å². The quantitative estimate of drug-likeness (QED) is 0.493. The number of rotatable bonds is 6. The highest BCUT2D eigenvalue weighted by Gasteiger charge is 2.44. The van der Waals surface area contributed by atoms with Gasteiger partial charge in [0, 0.05) is 0 Å². The van der Waals surface area contributed by atoms with Gasteiger partial charge < -0.3 is 4.12 Å². The SMILES string of the molecule is CC[Si](F)(CC)O[Si](F)(CC)CC. The molecule has 0 atom stereocenters. The van der Waals surface area contributed by atoms with Crippen LogP contribution in [0.4, 0.5) is 8.22 Å². The molecule has 0 aliphatic carbocycles. The van der Waals surface area contributed by atoms with Crippen molar-refractivity contribution in [1.29, 1.82) is 0 Å². The summed E-state index contributed by atoms with van der Waals surface area (Å²) in [5, 5.41) is 0. The van der Waals surface area contributed by atoms with Gasteiger partial charge in [0.05, 0.1) is 0 Å². The van der Waals surface area contributed by atoms with Gasteiger partial charge in [0.2, 0.25) is 0 Å². The lowest BCUT2D eigenvalue weighted by Crippen LogP contribution is -2.45. The Morgan fingerprint density at radius 3 is 1.15 bits per heavy atom. The van der Waals surface area contributed by atoms with E-state index in [-0.39, 0.29) is 0 Å². The molecular weight excluding hydrogens is 206 g/mol. The summed E-state index contributed by atoms with van der Waals surface area (Å²) in [5.74, 6) is 0. The monoisotopic (exact) mass is 226 g/mol. The topological polar surface area (TPSA) is 9.23 Å². The average molecular weight is 226 g/mol. The van der Waals surface area contributed by atoms with Crippen molar-refractivity contribution < 1.29 is 12.3 Å². The molecule has 5 heteroatoms. The van der Waals surface area contributed by atoms with Gasteiger partial charge in [0.1, 0.15) is 0 Å². The fraction of sp³-hybridized carbons (Fsp3) is 1.00. The van der Waals surface area contributed by atoms with Crippen molar-refractivity contribution in [3.05, 3.63) is 0 Å². The Bertz CT molecular complexity index is 131. The predicted octanol–water partition coefficient (Wildman–Crippen LogP) is 3.91. The van der Waals surface area contributed by atoms with Gasteiger partial charge in [-0.1, -0.05) is 27.7 Å². The van der Waals surface area contributed by atoms with Crippen LogP contribution in [0, 0.1) is 0 Å². The Kier molecular flexibility index (Phi) is 5.31. The molecule has 0 aliphatic heterocycles. The first-order valence-electron chi connectivity index (χ1n) is 5.03. The summed E-state index contributed by atoms with van der Waals surface area (Å²) in [6.07, 6.45) is 0. The highest BCUT2D eigenvalue weighted by molar-refractivity contribution is 6.80. The first kappa shape index (κ1) is 13.3. The summed E-state index contributed by atoms with van der Waals surface area (Å²) in [6, 6.07) is 1.45. The second kappa shape index (κ2) is 5.21. The lowest BCUT2D eigenvalue weighted by atomic mass is 10.9. The van der Waals surface area contributed by atoms with Crippen molar-refractivity contribution in [2.24, 2.45) is 0 Å². The lowest BCUT2D eigenvalue weighted by Gasteiger charge is -2.28. The molecule has 0 aromatic rings. The minimum atomic E-state index is -3.19. The van der Waals surface area contributed by atoms with Crippen LogP contribution < -0.4 is 0 Å². The van der Waals surface area contributed by atoms with Crippen LogP contribution in [0.5, 0.6) is 0 Å². The summed E-state index contributed by atoms with van der Waals surface area (Å²) in [5.41, 5.74) is 0. The Balaban J connectivity index is 4.36. The molecule has 0 spiro atoms. The lowest BCUT2D eigenvalue weighted by molar-refractivity contribution is 0.392. The summed E-state index contributed by atoms with van der Waals surface area (Å²) in [7, 11) is -6.38. The Morgan fingerprint density at radius 2 is 1.00 bits per heavy atom.